The summed E-state index contributed by atoms with van der Waals surface area (Å²) in [6.45, 7) is 12.5. The molecular weight excluding hydrogens is 404 g/mol. The summed E-state index contributed by atoms with van der Waals surface area (Å²) in [5.41, 5.74) is 4.22. The zero-order valence-corrected chi connectivity index (χ0v) is 21.0. The fourth-order valence-electron chi connectivity index (χ4n) is 6.18. The van der Waals surface area contributed by atoms with Crippen LogP contribution in [0.3, 0.4) is 0 Å². The highest BCUT2D eigenvalue weighted by Crippen LogP contribution is 2.59. The Labute approximate surface area is 190 Å². The maximum absolute atomic E-state index is 12.1. The Hall–Kier alpha value is -1.13. The van der Waals surface area contributed by atoms with Crippen molar-refractivity contribution in [3.8, 4) is 0 Å². The van der Waals surface area contributed by atoms with E-state index in [9.17, 15) is 13.5 Å². The number of allylic oxidation sites excluding steroid dienone is 5. The van der Waals surface area contributed by atoms with Crippen LogP contribution in [0, 0.1) is 23.2 Å². The fourth-order valence-corrected chi connectivity index (χ4v) is 6.51. The number of aliphatic hydroxyl groups excluding tert-OH is 1. The van der Waals surface area contributed by atoms with Crippen molar-refractivity contribution < 1.29 is 13.5 Å². The Kier molecular flexibility index (Phi) is 7.13. The van der Waals surface area contributed by atoms with Crippen LogP contribution in [-0.2, 0) is 9.84 Å². The van der Waals surface area contributed by atoms with E-state index >= 15 is 0 Å². The molecule has 3 saturated carbocycles. The summed E-state index contributed by atoms with van der Waals surface area (Å²) in [5.74, 6) is 1.54. The number of aliphatic hydroxyl groups is 1. The molecule has 0 bridgehead atoms. The highest BCUT2D eigenvalue weighted by atomic mass is 32.2. The van der Waals surface area contributed by atoms with Crippen LogP contribution >= 0.6 is 0 Å². The van der Waals surface area contributed by atoms with Crippen LogP contribution in [0.4, 0.5) is 0 Å². The number of hydrogen-bond acceptors (Lipinski definition) is 3. The van der Waals surface area contributed by atoms with E-state index in [1.165, 1.54) is 43.1 Å². The van der Waals surface area contributed by atoms with Crippen LogP contribution in [0.1, 0.15) is 79.1 Å². The maximum Gasteiger partial charge on any atom is 0.156 e. The lowest BCUT2D eigenvalue weighted by Gasteiger charge is -2.44. The molecule has 3 rings (SSSR count). The standard InChI is InChI=1S/C27H42O3S/c1-19-9-12-23(28)18-22(19)11-10-21-8-7-16-27(5)24(13-14-25(21)27)20(2)15-17-26(3,4)31(6,29)30/h10-11,15,17,20,23-25,28H,1,7-9,12-14,16,18H2,2-6H3/b17-15+,21-10+,22-11-/t20?,23-,24?,25-,27+/m0/s1. The van der Waals surface area contributed by atoms with E-state index in [-0.39, 0.29) is 11.5 Å². The lowest BCUT2D eigenvalue weighted by Crippen LogP contribution is -2.36. The van der Waals surface area contributed by atoms with Gasteiger partial charge in [0.1, 0.15) is 0 Å². The molecule has 4 heteroatoms. The van der Waals surface area contributed by atoms with Crippen molar-refractivity contribution in [2.24, 2.45) is 23.2 Å². The molecule has 2 unspecified atom stereocenters. The van der Waals surface area contributed by atoms with Gasteiger partial charge < -0.3 is 5.11 Å². The molecular formula is C27H42O3S. The van der Waals surface area contributed by atoms with Crippen LogP contribution in [0.5, 0.6) is 0 Å². The lowest BCUT2D eigenvalue weighted by molar-refractivity contribution is 0.112. The molecule has 3 aliphatic carbocycles. The summed E-state index contributed by atoms with van der Waals surface area (Å²) in [7, 11) is -3.12. The third-order valence-corrected chi connectivity index (χ3v) is 10.7. The number of hydrogen-bond donors (Lipinski definition) is 1. The lowest BCUT2D eigenvalue weighted by atomic mass is 9.61. The van der Waals surface area contributed by atoms with Crippen molar-refractivity contribution in [3.63, 3.8) is 0 Å². The van der Waals surface area contributed by atoms with Gasteiger partial charge in [0.25, 0.3) is 0 Å². The average molecular weight is 447 g/mol. The number of fused-ring (bicyclic) bond motifs is 1. The van der Waals surface area contributed by atoms with Crippen molar-refractivity contribution in [1.82, 2.24) is 0 Å². The first-order valence-electron chi connectivity index (χ1n) is 12.0. The van der Waals surface area contributed by atoms with Gasteiger partial charge in [0, 0.05) is 6.26 Å². The summed E-state index contributed by atoms with van der Waals surface area (Å²) in [4.78, 5) is 0. The van der Waals surface area contributed by atoms with Gasteiger partial charge in [-0.15, -0.1) is 0 Å². The molecule has 0 heterocycles. The van der Waals surface area contributed by atoms with Gasteiger partial charge in [-0.05, 0) is 94.0 Å². The first kappa shape index (κ1) is 24.5. The molecule has 0 saturated heterocycles. The molecule has 174 valence electrons. The summed E-state index contributed by atoms with van der Waals surface area (Å²) in [6.07, 6.45) is 18.2. The van der Waals surface area contributed by atoms with E-state index < -0.39 is 14.6 Å². The summed E-state index contributed by atoms with van der Waals surface area (Å²) in [5, 5.41) is 10.0. The average Bonchev–Trinajstić information content (AvgIpc) is 3.03. The molecule has 0 amide bonds. The first-order chi connectivity index (χ1) is 14.3. The molecule has 0 aliphatic heterocycles. The van der Waals surface area contributed by atoms with Crippen molar-refractivity contribution in [2.45, 2.75) is 89.9 Å². The predicted octanol–water partition coefficient (Wildman–Crippen LogP) is 6.17. The van der Waals surface area contributed by atoms with Crippen LogP contribution in [0.2, 0.25) is 0 Å². The summed E-state index contributed by atoms with van der Waals surface area (Å²) >= 11 is 0. The third kappa shape index (κ3) is 5.11. The van der Waals surface area contributed by atoms with Gasteiger partial charge in [-0.25, -0.2) is 8.42 Å². The highest BCUT2D eigenvalue weighted by Gasteiger charge is 2.50. The van der Waals surface area contributed by atoms with Gasteiger partial charge in [-0.3, -0.25) is 0 Å². The largest absolute Gasteiger partial charge is 0.393 e. The SMILES string of the molecule is C=C1CC[C@H](O)C/C1=C/C=C1\CCC[C@]2(C)C(C(C)/C=C/C(C)(C)S(C)(=O)=O)CC[C@@H]12. The fraction of sp³-hybridized carbons (Fsp3) is 0.704. The second-order valence-corrected chi connectivity index (χ2v) is 13.7. The molecule has 0 aromatic carbocycles. The summed E-state index contributed by atoms with van der Waals surface area (Å²) < 4.78 is 23.3. The monoisotopic (exact) mass is 446 g/mol. The van der Waals surface area contributed by atoms with Gasteiger partial charge in [0.15, 0.2) is 9.84 Å². The van der Waals surface area contributed by atoms with Gasteiger partial charge >= 0.3 is 0 Å². The summed E-state index contributed by atoms with van der Waals surface area (Å²) in [6, 6.07) is 0. The Balaban J connectivity index is 1.78. The van der Waals surface area contributed by atoms with Crippen LogP contribution in [-0.4, -0.2) is 30.6 Å². The number of sulfone groups is 1. The molecule has 31 heavy (non-hydrogen) atoms. The van der Waals surface area contributed by atoms with Crippen molar-refractivity contribution >= 4 is 9.84 Å². The Bertz CT molecular complexity index is 889. The second-order valence-electron chi connectivity index (χ2n) is 11.1. The van der Waals surface area contributed by atoms with Crippen molar-refractivity contribution in [1.29, 1.82) is 0 Å². The minimum atomic E-state index is -3.12. The normalized spacial score (nSPS) is 36.3. The highest BCUT2D eigenvalue weighted by molar-refractivity contribution is 7.92. The van der Waals surface area contributed by atoms with Crippen molar-refractivity contribution in [2.75, 3.05) is 6.26 Å². The third-order valence-electron chi connectivity index (χ3n) is 8.62. The minimum Gasteiger partial charge on any atom is -0.393 e. The molecule has 0 spiro atoms. The van der Waals surface area contributed by atoms with E-state index in [1.54, 1.807) is 19.4 Å². The molecule has 3 fully saturated rings. The first-order valence-corrected chi connectivity index (χ1v) is 13.9. The van der Waals surface area contributed by atoms with E-state index in [0.717, 1.165) is 25.7 Å². The molecule has 0 aromatic heterocycles. The van der Waals surface area contributed by atoms with Gasteiger partial charge in [-0.1, -0.05) is 55.9 Å². The van der Waals surface area contributed by atoms with Crippen LogP contribution < -0.4 is 0 Å². The maximum atomic E-state index is 12.1. The van der Waals surface area contributed by atoms with Crippen molar-refractivity contribution in [3.05, 3.63) is 47.6 Å². The smallest absolute Gasteiger partial charge is 0.156 e. The second kappa shape index (κ2) is 9.02. The van der Waals surface area contributed by atoms with Gasteiger partial charge in [0.2, 0.25) is 0 Å². The molecule has 3 aliphatic rings. The molecule has 0 aromatic rings. The number of rotatable bonds is 5. The Morgan fingerprint density at radius 1 is 1.19 bits per heavy atom. The van der Waals surface area contributed by atoms with Crippen LogP contribution in [0.25, 0.3) is 0 Å². The van der Waals surface area contributed by atoms with E-state index in [4.69, 9.17) is 0 Å². The van der Waals surface area contributed by atoms with E-state index in [1.807, 2.05) is 6.08 Å². The quantitative estimate of drug-likeness (QED) is 0.514. The minimum absolute atomic E-state index is 0.230. The molecule has 1 N–H and O–H groups in total. The van der Waals surface area contributed by atoms with Gasteiger partial charge in [0.05, 0.1) is 10.9 Å². The van der Waals surface area contributed by atoms with Gasteiger partial charge in [-0.2, -0.15) is 0 Å². The zero-order valence-electron chi connectivity index (χ0n) is 20.2. The topological polar surface area (TPSA) is 54.4 Å². The Morgan fingerprint density at radius 2 is 1.90 bits per heavy atom. The molecule has 5 atom stereocenters. The zero-order chi connectivity index (χ0) is 23.0. The van der Waals surface area contributed by atoms with E-state index in [2.05, 4.69) is 38.7 Å². The Morgan fingerprint density at radius 3 is 2.58 bits per heavy atom. The molecule has 0 radical (unpaired) electrons. The predicted molar refractivity (Wildman–Crippen MR) is 131 cm³/mol. The molecule has 3 nitrogen and oxygen atoms in total. The van der Waals surface area contributed by atoms with E-state index in [0.29, 0.717) is 17.8 Å². The van der Waals surface area contributed by atoms with Crippen LogP contribution in [0.15, 0.2) is 47.6 Å².